The third kappa shape index (κ3) is 1.52. The quantitative estimate of drug-likeness (QED) is 0.812. The largest absolute Gasteiger partial charge is 0.366 e. The van der Waals surface area contributed by atoms with E-state index >= 15 is 0 Å². The standard InChI is InChI=1S/C10H8N2OS/c11-10(13)8-3-6-14-9(8)7-1-4-12-5-2-7/h1-6H,(H2,11,13). The molecule has 70 valence electrons. The molecule has 0 aliphatic heterocycles. The fraction of sp³-hybridized carbons (Fsp3) is 0. The molecule has 0 aliphatic carbocycles. The highest BCUT2D eigenvalue weighted by Crippen LogP contribution is 2.28. The van der Waals surface area contributed by atoms with Crippen molar-refractivity contribution in [2.24, 2.45) is 5.73 Å². The number of hydrogen-bond donors (Lipinski definition) is 1. The van der Waals surface area contributed by atoms with Gasteiger partial charge in [-0.3, -0.25) is 9.78 Å². The van der Waals surface area contributed by atoms with Crippen molar-refractivity contribution in [3.8, 4) is 10.4 Å². The number of rotatable bonds is 2. The van der Waals surface area contributed by atoms with Crippen molar-refractivity contribution >= 4 is 17.2 Å². The van der Waals surface area contributed by atoms with Crippen molar-refractivity contribution in [2.45, 2.75) is 0 Å². The summed E-state index contributed by atoms with van der Waals surface area (Å²) in [6.45, 7) is 0. The molecule has 0 radical (unpaired) electrons. The van der Waals surface area contributed by atoms with Crippen LogP contribution in [0.2, 0.25) is 0 Å². The number of hydrogen-bond acceptors (Lipinski definition) is 3. The van der Waals surface area contributed by atoms with Crippen molar-refractivity contribution < 1.29 is 4.79 Å². The van der Waals surface area contributed by atoms with Gasteiger partial charge in [0.05, 0.1) is 5.56 Å². The minimum Gasteiger partial charge on any atom is -0.366 e. The summed E-state index contributed by atoms with van der Waals surface area (Å²) < 4.78 is 0. The zero-order valence-electron chi connectivity index (χ0n) is 7.31. The molecular weight excluding hydrogens is 196 g/mol. The number of primary amides is 1. The Morgan fingerprint density at radius 3 is 2.64 bits per heavy atom. The Hall–Kier alpha value is -1.68. The minimum absolute atomic E-state index is 0.391. The molecule has 4 heteroatoms. The average Bonchev–Trinajstić information content (AvgIpc) is 2.67. The molecule has 2 aromatic rings. The molecule has 0 aliphatic rings. The summed E-state index contributed by atoms with van der Waals surface area (Å²) in [4.78, 5) is 15.9. The lowest BCUT2D eigenvalue weighted by molar-refractivity contribution is 0.100. The van der Waals surface area contributed by atoms with Gasteiger partial charge in [0.2, 0.25) is 5.91 Å². The first-order chi connectivity index (χ1) is 6.79. The van der Waals surface area contributed by atoms with E-state index in [0.29, 0.717) is 5.56 Å². The molecule has 0 aromatic carbocycles. The van der Waals surface area contributed by atoms with Gasteiger partial charge >= 0.3 is 0 Å². The minimum atomic E-state index is -0.391. The van der Waals surface area contributed by atoms with Crippen molar-refractivity contribution in [1.29, 1.82) is 0 Å². The molecule has 0 bridgehead atoms. The highest BCUT2D eigenvalue weighted by atomic mass is 32.1. The predicted octanol–water partition coefficient (Wildman–Crippen LogP) is 1.91. The summed E-state index contributed by atoms with van der Waals surface area (Å²) >= 11 is 1.50. The van der Waals surface area contributed by atoms with Crippen LogP contribution in [0.25, 0.3) is 10.4 Å². The molecule has 0 atom stereocenters. The second-order valence-electron chi connectivity index (χ2n) is 2.76. The van der Waals surface area contributed by atoms with Gasteiger partial charge in [-0.2, -0.15) is 0 Å². The number of nitrogens with zero attached hydrogens (tertiary/aromatic N) is 1. The van der Waals surface area contributed by atoms with E-state index in [1.54, 1.807) is 18.5 Å². The van der Waals surface area contributed by atoms with Crippen LogP contribution in [0, 0.1) is 0 Å². The SMILES string of the molecule is NC(=O)c1ccsc1-c1ccncc1. The van der Waals surface area contributed by atoms with Gasteiger partial charge in [-0.05, 0) is 29.1 Å². The van der Waals surface area contributed by atoms with E-state index in [2.05, 4.69) is 4.98 Å². The van der Waals surface area contributed by atoms with Crippen LogP contribution in [0.1, 0.15) is 10.4 Å². The Labute approximate surface area is 85.2 Å². The molecule has 0 saturated carbocycles. The van der Waals surface area contributed by atoms with E-state index < -0.39 is 5.91 Å². The molecule has 0 saturated heterocycles. The monoisotopic (exact) mass is 204 g/mol. The number of carbonyl (C=O) groups excluding carboxylic acids is 1. The van der Waals surface area contributed by atoms with E-state index in [0.717, 1.165) is 10.4 Å². The van der Waals surface area contributed by atoms with Crippen LogP contribution >= 0.6 is 11.3 Å². The Balaban J connectivity index is 2.52. The number of carbonyl (C=O) groups is 1. The first-order valence-corrected chi connectivity index (χ1v) is 4.94. The van der Waals surface area contributed by atoms with E-state index in [-0.39, 0.29) is 0 Å². The van der Waals surface area contributed by atoms with Gasteiger partial charge < -0.3 is 5.73 Å². The normalized spacial score (nSPS) is 10.0. The molecule has 2 aromatic heterocycles. The van der Waals surface area contributed by atoms with Gasteiger partial charge in [0.1, 0.15) is 0 Å². The topological polar surface area (TPSA) is 56.0 Å². The van der Waals surface area contributed by atoms with Crippen LogP contribution in [0.4, 0.5) is 0 Å². The van der Waals surface area contributed by atoms with Crippen LogP contribution in [0.3, 0.4) is 0 Å². The maximum absolute atomic E-state index is 11.1. The van der Waals surface area contributed by atoms with Crippen LogP contribution in [-0.4, -0.2) is 10.9 Å². The predicted molar refractivity (Wildman–Crippen MR) is 56.1 cm³/mol. The van der Waals surface area contributed by atoms with Gasteiger partial charge in [0, 0.05) is 17.3 Å². The summed E-state index contributed by atoms with van der Waals surface area (Å²) in [6, 6.07) is 5.46. The van der Waals surface area contributed by atoms with Crippen LogP contribution in [-0.2, 0) is 0 Å². The number of amides is 1. The van der Waals surface area contributed by atoms with Gasteiger partial charge in [-0.1, -0.05) is 0 Å². The van der Waals surface area contributed by atoms with Crippen LogP contribution < -0.4 is 5.73 Å². The maximum atomic E-state index is 11.1. The van der Waals surface area contributed by atoms with Gasteiger partial charge in [-0.15, -0.1) is 11.3 Å². The molecule has 1 amide bonds. The summed E-state index contributed by atoms with van der Waals surface area (Å²) in [5.41, 5.74) is 6.79. The van der Waals surface area contributed by atoms with Crippen molar-refractivity contribution in [2.75, 3.05) is 0 Å². The molecule has 3 nitrogen and oxygen atoms in total. The lowest BCUT2D eigenvalue weighted by Crippen LogP contribution is -2.10. The van der Waals surface area contributed by atoms with Crippen LogP contribution in [0.5, 0.6) is 0 Å². The third-order valence-corrected chi connectivity index (χ3v) is 2.84. The Kier molecular flexibility index (Phi) is 2.28. The van der Waals surface area contributed by atoms with Gasteiger partial charge in [0.25, 0.3) is 0 Å². The molecule has 14 heavy (non-hydrogen) atoms. The first kappa shape index (κ1) is 8.90. The number of pyridine rings is 1. The van der Waals surface area contributed by atoms with E-state index in [9.17, 15) is 4.79 Å². The molecule has 0 fully saturated rings. The summed E-state index contributed by atoms with van der Waals surface area (Å²) in [5.74, 6) is -0.391. The fourth-order valence-electron chi connectivity index (χ4n) is 1.23. The number of thiophene rings is 1. The lowest BCUT2D eigenvalue weighted by Gasteiger charge is -1.98. The fourth-order valence-corrected chi connectivity index (χ4v) is 2.14. The zero-order chi connectivity index (χ0) is 9.97. The van der Waals surface area contributed by atoms with Gasteiger partial charge in [-0.25, -0.2) is 0 Å². The zero-order valence-corrected chi connectivity index (χ0v) is 8.12. The molecule has 2 heterocycles. The second kappa shape index (κ2) is 3.59. The van der Waals surface area contributed by atoms with Crippen LogP contribution in [0.15, 0.2) is 36.0 Å². The smallest absolute Gasteiger partial charge is 0.250 e. The van der Waals surface area contributed by atoms with E-state index in [1.165, 1.54) is 11.3 Å². The third-order valence-electron chi connectivity index (χ3n) is 1.87. The molecule has 0 spiro atoms. The summed E-state index contributed by atoms with van der Waals surface area (Å²) in [7, 11) is 0. The van der Waals surface area contributed by atoms with Crippen molar-refractivity contribution in [3.05, 3.63) is 41.5 Å². The van der Waals surface area contributed by atoms with Gasteiger partial charge in [0.15, 0.2) is 0 Å². The molecule has 0 unspecified atom stereocenters. The first-order valence-electron chi connectivity index (χ1n) is 4.07. The Bertz CT molecular complexity index is 450. The van der Waals surface area contributed by atoms with Crippen molar-refractivity contribution in [1.82, 2.24) is 4.98 Å². The number of aromatic nitrogens is 1. The highest BCUT2D eigenvalue weighted by molar-refractivity contribution is 7.14. The average molecular weight is 204 g/mol. The number of nitrogens with two attached hydrogens (primary N) is 1. The van der Waals surface area contributed by atoms with E-state index in [1.807, 2.05) is 17.5 Å². The Morgan fingerprint density at radius 2 is 2.00 bits per heavy atom. The lowest BCUT2D eigenvalue weighted by atomic mass is 10.1. The maximum Gasteiger partial charge on any atom is 0.250 e. The molecule has 2 N–H and O–H groups in total. The van der Waals surface area contributed by atoms with Crippen molar-refractivity contribution in [3.63, 3.8) is 0 Å². The Morgan fingerprint density at radius 1 is 1.29 bits per heavy atom. The highest BCUT2D eigenvalue weighted by Gasteiger charge is 2.10. The summed E-state index contributed by atoms with van der Waals surface area (Å²) in [6.07, 6.45) is 3.39. The molecular formula is C10H8N2OS. The molecule has 2 rings (SSSR count). The second-order valence-corrected chi connectivity index (χ2v) is 3.68. The van der Waals surface area contributed by atoms with E-state index in [4.69, 9.17) is 5.73 Å². The summed E-state index contributed by atoms with van der Waals surface area (Å²) in [5, 5.41) is 1.86.